The average Bonchev–Trinajstić information content (AvgIpc) is 2.35. The summed E-state index contributed by atoms with van der Waals surface area (Å²) in [5.41, 5.74) is 5.38. The number of nitrogens with two attached hydrogens (primary N) is 1. The number of hydrogen-bond donors (Lipinski definition) is 2. The van der Waals surface area contributed by atoms with Crippen molar-refractivity contribution < 1.29 is 27.8 Å². The van der Waals surface area contributed by atoms with Gasteiger partial charge >= 0.3 is 12.1 Å². The van der Waals surface area contributed by atoms with E-state index in [0.29, 0.717) is 0 Å². The minimum absolute atomic E-state index is 0. The smallest absolute Gasteiger partial charge is 0.416 e. The molecule has 0 bridgehead atoms. The van der Waals surface area contributed by atoms with E-state index >= 15 is 0 Å². The van der Waals surface area contributed by atoms with Crippen LogP contribution in [0.5, 0.6) is 0 Å². The van der Waals surface area contributed by atoms with E-state index in [4.69, 9.17) is 10.8 Å². The first kappa shape index (κ1) is 17.7. The zero-order valence-corrected chi connectivity index (χ0v) is 10.7. The molecule has 0 heterocycles. The quantitative estimate of drug-likeness (QED) is 0.835. The lowest BCUT2D eigenvalue weighted by Gasteiger charge is -2.21. The zero-order chi connectivity index (χ0) is 13.9. The fourth-order valence-electron chi connectivity index (χ4n) is 1.38. The second kappa shape index (κ2) is 6.74. The molecule has 4 nitrogen and oxygen atoms in total. The lowest BCUT2D eigenvalue weighted by molar-refractivity contribution is -0.210. The summed E-state index contributed by atoms with van der Waals surface area (Å²) in [6.45, 7) is 0. The lowest BCUT2D eigenvalue weighted by Crippen LogP contribution is -2.38. The van der Waals surface area contributed by atoms with Crippen LogP contribution in [0, 0.1) is 0 Å². The summed E-state index contributed by atoms with van der Waals surface area (Å²) in [5, 5.41) is 9.03. The van der Waals surface area contributed by atoms with Crippen LogP contribution in [0.25, 0.3) is 0 Å². The second-order valence-electron chi connectivity index (χ2n) is 3.63. The molecule has 0 aliphatic heterocycles. The Labute approximate surface area is 113 Å². The van der Waals surface area contributed by atoms with Crippen molar-refractivity contribution in [3.05, 3.63) is 35.4 Å². The normalized spacial score (nSPS) is 14.2. The highest BCUT2D eigenvalue weighted by molar-refractivity contribution is 5.89. The van der Waals surface area contributed by atoms with Crippen LogP contribution < -0.4 is 5.73 Å². The number of aliphatic hydroxyl groups excluding tert-OH is 1. The van der Waals surface area contributed by atoms with Crippen LogP contribution in [-0.4, -0.2) is 30.5 Å². The number of halogens is 4. The third-order valence-electron chi connectivity index (χ3n) is 2.37. The molecule has 1 aromatic carbocycles. The number of esters is 1. The Morgan fingerprint density at radius 3 is 2.47 bits per heavy atom. The molecule has 1 rings (SSSR count). The van der Waals surface area contributed by atoms with E-state index in [0.717, 1.165) is 13.2 Å². The Hall–Kier alpha value is -1.31. The van der Waals surface area contributed by atoms with Crippen LogP contribution >= 0.6 is 12.4 Å². The van der Waals surface area contributed by atoms with E-state index in [1.54, 1.807) is 0 Å². The molecule has 0 aliphatic rings. The first-order chi connectivity index (χ1) is 8.27. The molecule has 0 aliphatic carbocycles. The summed E-state index contributed by atoms with van der Waals surface area (Å²) in [7, 11) is 1.15. The largest absolute Gasteiger partial charge is 0.465 e. The van der Waals surface area contributed by atoms with Gasteiger partial charge in [-0.25, -0.2) is 4.79 Å². The number of carbonyl (C=O) groups is 1. The summed E-state index contributed by atoms with van der Waals surface area (Å²) in [6.07, 6.45) is -7.51. The fourth-order valence-corrected chi connectivity index (χ4v) is 1.38. The topological polar surface area (TPSA) is 72.5 Å². The highest BCUT2D eigenvalue weighted by atomic mass is 35.5. The first-order valence-electron chi connectivity index (χ1n) is 4.96. The molecule has 0 saturated heterocycles. The zero-order valence-electron chi connectivity index (χ0n) is 9.85. The third-order valence-corrected chi connectivity index (χ3v) is 2.37. The Morgan fingerprint density at radius 2 is 2.00 bits per heavy atom. The van der Waals surface area contributed by atoms with Crippen molar-refractivity contribution in [2.24, 2.45) is 5.73 Å². The van der Waals surface area contributed by atoms with Gasteiger partial charge in [-0.2, -0.15) is 13.2 Å². The third kappa shape index (κ3) is 4.38. The van der Waals surface area contributed by atoms with Crippen molar-refractivity contribution in [1.29, 1.82) is 0 Å². The van der Waals surface area contributed by atoms with Crippen molar-refractivity contribution in [2.75, 3.05) is 7.11 Å². The summed E-state index contributed by atoms with van der Waals surface area (Å²) in [4.78, 5) is 11.2. The minimum Gasteiger partial charge on any atom is -0.465 e. The Balaban J connectivity index is 0.00000324. The SMILES string of the molecule is COC(=O)c1cccc([C@H](N)[C@H](O)C(F)(F)F)c1.Cl. The predicted molar refractivity (Wildman–Crippen MR) is 64.0 cm³/mol. The van der Waals surface area contributed by atoms with Gasteiger partial charge in [-0.3, -0.25) is 0 Å². The van der Waals surface area contributed by atoms with Crippen molar-refractivity contribution in [3.63, 3.8) is 0 Å². The molecule has 108 valence electrons. The number of carbonyl (C=O) groups excluding carboxylic acids is 1. The van der Waals surface area contributed by atoms with Crippen LogP contribution in [-0.2, 0) is 4.74 Å². The highest BCUT2D eigenvalue weighted by Crippen LogP contribution is 2.28. The van der Waals surface area contributed by atoms with E-state index < -0.39 is 24.3 Å². The van der Waals surface area contributed by atoms with Gasteiger partial charge in [0.2, 0.25) is 0 Å². The molecule has 3 N–H and O–H groups in total. The molecule has 0 saturated carbocycles. The maximum Gasteiger partial charge on any atom is 0.416 e. The predicted octanol–water partition coefficient (Wildman–Crippen LogP) is 1.82. The van der Waals surface area contributed by atoms with Crippen LogP contribution in [0.4, 0.5) is 13.2 Å². The van der Waals surface area contributed by atoms with E-state index in [9.17, 15) is 18.0 Å². The molecule has 2 atom stereocenters. The number of alkyl halides is 3. The van der Waals surface area contributed by atoms with Crippen LogP contribution in [0.2, 0.25) is 0 Å². The fraction of sp³-hybridized carbons (Fsp3) is 0.364. The molecule has 0 fully saturated rings. The van der Waals surface area contributed by atoms with E-state index in [1.807, 2.05) is 0 Å². The summed E-state index contributed by atoms with van der Waals surface area (Å²) < 4.78 is 41.3. The standard InChI is InChI=1S/C11H12F3NO3.ClH/c1-18-10(17)7-4-2-3-6(5-7)8(15)9(16)11(12,13)14;/h2-5,8-9,16H,15H2,1H3;1H/t8-,9-;/m0./s1. The van der Waals surface area contributed by atoms with Gasteiger partial charge in [-0.15, -0.1) is 12.4 Å². The van der Waals surface area contributed by atoms with Crippen LogP contribution in [0.1, 0.15) is 22.0 Å². The van der Waals surface area contributed by atoms with Crippen molar-refractivity contribution in [1.82, 2.24) is 0 Å². The second-order valence-corrected chi connectivity index (χ2v) is 3.63. The monoisotopic (exact) mass is 299 g/mol. The molecular formula is C11H13ClF3NO3. The minimum atomic E-state index is -4.82. The van der Waals surface area contributed by atoms with Gasteiger partial charge in [-0.05, 0) is 17.7 Å². The number of rotatable bonds is 3. The molecule has 8 heteroatoms. The summed E-state index contributed by atoms with van der Waals surface area (Å²) in [6, 6.07) is 3.54. The van der Waals surface area contributed by atoms with Gasteiger partial charge < -0.3 is 15.6 Å². The van der Waals surface area contributed by atoms with Gasteiger partial charge in [0.25, 0.3) is 0 Å². The molecule has 0 spiro atoms. The maximum atomic E-state index is 12.3. The number of benzene rings is 1. The highest BCUT2D eigenvalue weighted by Gasteiger charge is 2.42. The van der Waals surface area contributed by atoms with E-state index in [-0.39, 0.29) is 23.5 Å². The van der Waals surface area contributed by atoms with E-state index in [1.165, 1.54) is 18.2 Å². The van der Waals surface area contributed by atoms with Gasteiger partial charge in [-0.1, -0.05) is 12.1 Å². The van der Waals surface area contributed by atoms with Gasteiger partial charge in [0, 0.05) is 0 Å². The number of ether oxygens (including phenoxy) is 1. The number of methoxy groups -OCH3 is 1. The Morgan fingerprint density at radius 1 is 1.42 bits per heavy atom. The number of aliphatic hydroxyl groups is 1. The molecule has 0 aromatic heterocycles. The molecular weight excluding hydrogens is 287 g/mol. The summed E-state index contributed by atoms with van der Waals surface area (Å²) in [5.74, 6) is -0.689. The van der Waals surface area contributed by atoms with E-state index in [2.05, 4.69) is 4.74 Å². The molecule has 19 heavy (non-hydrogen) atoms. The first-order valence-corrected chi connectivity index (χ1v) is 4.96. The average molecular weight is 300 g/mol. The number of hydrogen-bond acceptors (Lipinski definition) is 4. The van der Waals surface area contributed by atoms with Gasteiger partial charge in [0.1, 0.15) is 0 Å². The van der Waals surface area contributed by atoms with Crippen molar-refractivity contribution in [3.8, 4) is 0 Å². The lowest BCUT2D eigenvalue weighted by atomic mass is 10.00. The Kier molecular flexibility index (Phi) is 6.28. The molecule has 0 unspecified atom stereocenters. The van der Waals surface area contributed by atoms with Gasteiger partial charge in [0.05, 0.1) is 18.7 Å². The van der Waals surface area contributed by atoms with Crippen molar-refractivity contribution in [2.45, 2.75) is 18.3 Å². The maximum absolute atomic E-state index is 12.3. The molecule has 1 aromatic rings. The van der Waals surface area contributed by atoms with Crippen LogP contribution in [0.15, 0.2) is 24.3 Å². The molecule has 0 radical (unpaired) electrons. The Bertz CT molecular complexity index is 439. The molecule has 0 amide bonds. The summed E-state index contributed by atoms with van der Waals surface area (Å²) >= 11 is 0. The van der Waals surface area contributed by atoms with Gasteiger partial charge in [0.15, 0.2) is 6.10 Å². The van der Waals surface area contributed by atoms with Crippen molar-refractivity contribution >= 4 is 18.4 Å². The van der Waals surface area contributed by atoms with Crippen LogP contribution in [0.3, 0.4) is 0 Å².